The first-order valence-corrected chi connectivity index (χ1v) is 7.02. The quantitative estimate of drug-likeness (QED) is 0.779. The Balaban J connectivity index is 2.11. The van der Waals surface area contributed by atoms with Gasteiger partial charge in [-0.3, -0.25) is 4.90 Å². The van der Waals surface area contributed by atoms with Crippen LogP contribution in [0.1, 0.15) is 5.01 Å². The molecule has 0 bridgehead atoms. The number of hydrogen-bond acceptors (Lipinski definition) is 3. The smallest absolute Gasteiger partial charge is 0.287 e. The molecule has 0 amide bonds. The minimum Gasteiger partial charge on any atom is -0.287 e. The van der Waals surface area contributed by atoms with Gasteiger partial charge in [0.1, 0.15) is 5.01 Å². The van der Waals surface area contributed by atoms with Crippen LogP contribution in [0, 0.1) is 0 Å². The molecule has 1 aromatic heterocycles. The Labute approximate surface area is 117 Å². The maximum Gasteiger partial charge on any atom is 0.401 e. The fraction of sp³-hybridized carbons (Fsp3) is 0.417. The molecule has 2 nitrogen and oxygen atoms in total. The molecule has 2 rings (SSSR count). The molecule has 0 N–H and O–H groups in total. The molecule has 0 spiro atoms. The van der Waals surface area contributed by atoms with Crippen molar-refractivity contribution in [2.75, 3.05) is 19.0 Å². The summed E-state index contributed by atoms with van der Waals surface area (Å²) in [7, 11) is 0. The van der Waals surface area contributed by atoms with Gasteiger partial charge in [0.05, 0.1) is 23.3 Å². The van der Waals surface area contributed by atoms with E-state index in [1.807, 2.05) is 24.3 Å². The number of aromatic nitrogens is 1. The number of para-hydroxylation sites is 1. The average Bonchev–Trinajstić information content (AvgIpc) is 2.69. The summed E-state index contributed by atoms with van der Waals surface area (Å²) < 4.78 is 38.3. The van der Waals surface area contributed by atoms with Gasteiger partial charge in [0.15, 0.2) is 0 Å². The Kier molecular flexibility index (Phi) is 4.65. The Morgan fingerprint density at radius 3 is 2.63 bits per heavy atom. The van der Waals surface area contributed by atoms with E-state index in [0.717, 1.165) is 10.2 Å². The summed E-state index contributed by atoms with van der Waals surface area (Å²) in [5.74, 6) is 0.168. The highest BCUT2D eigenvalue weighted by Crippen LogP contribution is 2.24. The lowest BCUT2D eigenvalue weighted by Gasteiger charge is -2.21. The third-order valence-corrected chi connectivity index (χ3v) is 3.69. The summed E-state index contributed by atoms with van der Waals surface area (Å²) in [5.41, 5.74) is 0.820. The summed E-state index contributed by atoms with van der Waals surface area (Å²) in [6.07, 6.45) is -4.22. The van der Waals surface area contributed by atoms with Gasteiger partial charge in [-0.1, -0.05) is 12.1 Å². The molecule has 19 heavy (non-hydrogen) atoms. The van der Waals surface area contributed by atoms with Crippen LogP contribution in [0.4, 0.5) is 13.2 Å². The van der Waals surface area contributed by atoms with Crippen molar-refractivity contribution in [1.29, 1.82) is 0 Å². The zero-order valence-corrected chi connectivity index (χ0v) is 11.5. The van der Waals surface area contributed by atoms with E-state index in [1.54, 1.807) is 0 Å². The normalized spacial score (nSPS) is 12.5. The molecule has 1 heterocycles. The molecule has 0 aliphatic rings. The molecule has 0 unspecified atom stereocenters. The Hall–Kier alpha value is -0.850. The second-order valence-corrected chi connectivity index (χ2v) is 5.58. The lowest BCUT2D eigenvalue weighted by molar-refractivity contribution is -0.146. The van der Waals surface area contributed by atoms with Crippen LogP contribution in [-0.4, -0.2) is 35.0 Å². The van der Waals surface area contributed by atoms with Crippen LogP contribution in [-0.2, 0) is 6.54 Å². The van der Waals surface area contributed by atoms with Gasteiger partial charge >= 0.3 is 6.18 Å². The van der Waals surface area contributed by atoms with Crippen molar-refractivity contribution >= 4 is 33.2 Å². The number of alkyl halides is 4. The minimum absolute atomic E-state index is 0.168. The van der Waals surface area contributed by atoms with E-state index in [1.165, 1.54) is 16.2 Å². The zero-order chi connectivity index (χ0) is 13.9. The topological polar surface area (TPSA) is 16.1 Å². The van der Waals surface area contributed by atoms with E-state index >= 15 is 0 Å². The third kappa shape index (κ3) is 4.33. The molecule has 104 valence electrons. The van der Waals surface area contributed by atoms with Gasteiger partial charge in [-0.2, -0.15) is 13.2 Å². The largest absolute Gasteiger partial charge is 0.401 e. The molecule has 7 heteroatoms. The summed E-state index contributed by atoms with van der Waals surface area (Å²) in [5, 5.41) is 0.676. The number of fused-ring (bicyclic) bond motifs is 1. The second kappa shape index (κ2) is 6.07. The number of hydrogen-bond donors (Lipinski definition) is 0. The Morgan fingerprint density at radius 2 is 2.00 bits per heavy atom. The highest BCUT2D eigenvalue weighted by molar-refractivity contribution is 7.18. The summed E-state index contributed by atoms with van der Waals surface area (Å²) in [6, 6.07) is 7.51. The van der Waals surface area contributed by atoms with Crippen molar-refractivity contribution in [1.82, 2.24) is 9.88 Å². The summed E-state index contributed by atoms with van der Waals surface area (Å²) in [4.78, 5) is 5.60. The second-order valence-electron chi connectivity index (χ2n) is 4.09. The van der Waals surface area contributed by atoms with Crippen molar-refractivity contribution in [3.8, 4) is 0 Å². The van der Waals surface area contributed by atoms with Crippen LogP contribution in [0.5, 0.6) is 0 Å². The van der Waals surface area contributed by atoms with Crippen molar-refractivity contribution in [3.05, 3.63) is 29.3 Å². The summed E-state index contributed by atoms with van der Waals surface area (Å²) in [6.45, 7) is -0.599. The maximum absolute atomic E-state index is 12.4. The fourth-order valence-electron chi connectivity index (χ4n) is 1.77. The van der Waals surface area contributed by atoms with Crippen molar-refractivity contribution in [3.63, 3.8) is 0 Å². The lowest BCUT2D eigenvalue weighted by Crippen LogP contribution is -2.35. The van der Waals surface area contributed by atoms with Gasteiger partial charge in [0.2, 0.25) is 0 Å². The third-order valence-electron chi connectivity index (χ3n) is 2.50. The van der Waals surface area contributed by atoms with Crippen molar-refractivity contribution in [2.24, 2.45) is 0 Å². The number of thiazole rings is 1. The molecule has 0 fully saturated rings. The monoisotopic (exact) mass is 308 g/mol. The first kappa shape index (κ1) is 14.6. The fourth-order valence-corrected chi connectivity index (χ4v) is 3.01. The van der Waals surface area contributed by atoms with Crippen molar-refractivity contribution in [2.45, 2.75) is 12.7 Å². The van der Waals surface area contributed by atoms with Crippen molar-refractivity contribution < 1.29 is 13.2 Å². The van der Waals surface area contributed by atoms with Crippen LogP contribution in [0.3, 0.4) is 0 Å². The molecule has 0 aliphatic heterocycles. The Morgan fingerprint density at radius 1 is 1.26 bits per heavy atom. The van der Waals surface area contributed by atoms with Crippen LogP contribution in [0.25, 0.3) is 10.2 Å². The SMILES string of the molecule is FC(F)(F)CN(CCCl)Cc1nc2ccccc2s1. The van der Waals surface area contributed by atoms with E-state index in [0.29, 0.717) is 5.01 Å². The molecule has 0 radical (unpaired) electrons. The molecule has 0 aliphatic carbocycles. The summed E-state index contributed by atoms with van der Waals surface area (Å²) >= 11 is 6.96. The van der Waals surface area contributed by atoms with Gasteiger partial charge in [0, 0.05) is 12.4 Å². The van der Waals surface area contributed by atoms with Crippen LogP contribution in [0.15, 0.2) is 24.3 Å². The van der Waals surface area contributed by atoms with Gasteiger partial charge in [-0.05, 0) is 12.1 Å². The predicted molar refractivity (Wildman–Crippen MR) is 71.7 cm³/mol. The van der Waals surface area contributed by atoms with E-state index < -0.39 is 12.7 Å². The number of halogens is 4. The number of nitrogens with zero attached hydrogens (tertiary/aromatic N) is 2. The highest BCUT2D eigenvalue weighted by Gasteiger charge is 2.30. The lowest BCUT2D eigenvalue weighted by atomic mass is 10.3. The molecular weight excluding hydrogens is 297 g/mol. The van der Waals surface area contributed by atoms with Gasteiger partial charge in [-0.25, -0.2) is 4.98 Å². The van der Waals surface area contributed by atoms with E-state index in [2.05, 4.69) is 4.98 Å². The molecule has 1 aromatic carbocycles. The average molecular weight is 309 g/mol. The molecular formula is C12H12ClF3N2S. The molecule has 0 saturated heterocycles. The highest BCUT2D eigenvalue weighted by atomic mass is 35.5. The van der Waals surface area contributed by atoms with E-state index in [4.69, 9.17) is 11.6 Å². The zero-order valence-electron chi connectivity index (χ0n) is 9.95. The van der Waals surface area contributed by atoms with Crippen LogP contribution < -0.4 is 0 Å². The van der Waals surface area contributed by atoms with Gasteiger partial charge < -0.3 is 0 Å². The van der Waals surface area contributed by atoms with Gasteiger partial charge in [-0.15, -0.1) is 22.9 Å². The first-order valence-electron chi connectivity index (χ1n) is 5.67. The van der Waals surface area contributed by atoms with Gasteiger partial charge in [0.25, 0.3) is 0 Å². The minimum atomic E-state index is -4.22. The number of rotatable bonds is 5. The molecule has 0 atom stereocenters. The van der Waals surface area contributed by atoms with E-state index in [9.17, 15) is 13.2 Å². The standard InChI is InChI=1S/C12H12ClF3N2S/c13-5-6-18(8-12(14,15)16)7-11-17-9-3-1-2-4-10(9)19-11/h1-4H,5-8H2. The Bertz CT molecular complexity index is 508. The predicted octanol–water partition coefficient (Wildman–Crippen LogP) is 3.90. The number of benzene rings is 1. The molecule has 2 aromatic rings. The first-order chi connectivity index (χ1) is 8.98. The van der Waals surface area contributed by atoms with Crippen LogP contribution in [0.2, 0.25) is 0 Å². The van der Waals surface area contributed by atoms with E-state index in [-0.39, 0.29) is 19.0 Å². The van der Waals surface area contributed by atoms with Crippen LogP contribution >= 0.6 is 22.9 Å². The molecule has 0 saturated carbocycles. The maximum atomic E-state index is 12.4.